The van der Waals surface area contributed by atoms with Crippen LogP contribution in [0.15, 0.2) is 53.5 Å². The Labute approximate surface area is 175 Å². The number of nitrogens with one attached hydrogen (secondary N) is 2. The molecular formula is C22H27FN4O3. The number of rotatable bonds is 7. The summed E-state index contributed by atoms with van der Waals surface area (Å²) in [5.41, 5.74) is 1.04. The molecule has 30 heavy (non-hydrogen) atoms. The van der Waals surface area contributed by atoms with Crippen LogP contribution in [0.4, 0.5) is 10.1 Å². The normalized spacial score (nSPS) is 14.9. The van der Waals surface area contributed by atoms with Gasteiger partial charge in [0.25, 0.3) is 5.91 Å². The Kier molecular flexibility index (Phi) is 8.17. The van der Waals surface area contributed by atoms with Crippen molar-refractivity contribution < 1.29 is 18.7 Å². The summed E-state index contributed by atoms with van der Waals surface area (Å²) in [6.07, 6.45) is 0. The molecule has 0 bridgehead atoms. The number of benzene rings is 2. The lowest BCUT2D eigenvalue weighted by atomic mass is 10.2. The smallest absolute Gasteiger partial charge is 0.257 e. The van der Waals surface area contributed by atoms with Crippen LogP contribution in [0.25, 0.3) is 0 Å². The molecule has 1 aliphatic rings. The molecule has 2 aromatic rings. The quantitative estimate of drug-likeness (QED) is 0.538. The SMILES string of the molecule is CCOc1ccccc1NC(=NCCN1CCOCC1)NC(=O)c1ccc(F)cc1. The molecule has 8 heteroatoms. The van der Waals surface area contributed by atoms with Crippen molar-refractivity contribution >= 4 is 17.6 Å². The first-order chi connectivity index (χ1) is 14.7. The topological polar surface area (TPSA) is 75.2 Å². The predicted molar refractivity (Wildman–Crippen MR) is 115 cm³/mol. The molecule has 1 amide bonds. The van der Waals surface area contributed by atoms with Gasteiger partial charge in [-0.3, -0.25) is 20.0 Å². The third-order valence-electron chi connectivity index (χ3n) is 4.57. The Balaban J connectivity index is 1.72. The van der Waals surface area contributed by atoms with Gasteiger partial charge in [0.1, 0.15) is 11.6 Å². The number of aliphatic imine (C=N–C) groups is 1. The number of guanidine groups is 1. The van der Waals surface area contributed by atoms with E-state index in [1.807, 2.05) is 31.2 Å². The second kappa shape index (κ2) is 11.3. The zero-order valence-corrected chi connectivity index (χ0v) is 17.1. The number of ether oxygens (including phenoxy) is 2. The Morgan fingerprint density at radius 1 is 1.17 bits per heavy atom. The van der Waals surface area contributed by atoms with Gasteiger partial charge in [-0.25, -0.2) is 4.39 Å². The van der Waals surface area contributed by atoms with Gasteiger partial charge in [-0.1, -0.05) is 12.1 Å². The lowest BCUT2D eigenvalue weighted by Gasteiger charge is -2.25. The molecule has 0 aromatic heterocycles. The molecule has 1 fully saturated rings. The predicted octanol–water partition coefficient (Wildman–Crippen LogP) is 2.75. The van der Waals surface area contributed by atoms with Crippen molar-refractivity contribution in [3.05, 3.63) is 59.9 Å². The van der Waals surface area contributed by atoms with Crippen LogP contribution in [0.3, 0.4) is 0 Å². The number of amides is 1. The molecular weight excluding hydrogens is 387 g/mol. The molecule has 0 spiro atoms. The van der Waals surface area contributed by atoms with Gasteiger partial charge in [0.2, 0.25) is 5.96 Å². The average Bonchev–Trinajstić information content (AvgIpc) is 2.76. The number of morpholine rings is 1. The number of hydrogen-bond acceptors (Lipinski definition) is 5. The van der Waals surface area contributed by atoms with E-state index in [9.17, 15) is 9.18 Å². The number of para-hydroxylation sites is 2. The van der Waals surface area contributed by atoms with Crippen molar-refractivity contribution in [3.63, 3.8) is 0 Å². The van der Waals surface area contributed by atoms with Crippen LogP contribution < -0.4 is 15.4 Å². The molecule has 0 aliphatic carbocycles. The van der Waals surface area contributed by atoms with E-state index in [-0.39, 0.29) is 5.91 Å². The summed E-state index contributed by atoms with van der Waals surface area (Å²) in [5.74, 6) is 0.206. The van der Waals surface area contributed by atoms with Crippen molar-refractivity contribution in [1.82, 2.24) is 10.2 Å². The van der Waals surface area contributed by atoms with Gasteiger partial charge in [0, 0.05) is 25.2 Å². The van der Waals surface area contributed by atoms with Crippen LogP contribution in [-0.2, 0) is 4.74 Å². The lowest BCUT2D eigenvalue weighted by Crippen LogP contribution is -2.39. The van der Waals surface area contributed by atoms with E-state index < -0.39 is 5.82 Å². The zero-order valence-electron chi connectivity index (χ0n) is 17.1. The lowest BCUT2D eigenvalue weighted by molar-refractivity contribution is 0.0394. The molecule has 3 rings (SSSR count). The molecule has 0 atom stereocenters. The highest BCUT2D eigenvalue weighted by molar-refractivity contribution is 6.10. The van der Waals surface area contributed by atoms with E-state index >= 15 is 0 Å². The Morgan fingerprint density at radius 2 is 1.90 bits per heavy atom. The summed E-state index contributed by atoms with van der Waals surface area (Å²) < 4.78 is 24.2. The van der Waals surface area contributed by atoms with Gasteiger partial charge in [-0.05, 0) is 43.3 Å². The van der Waals surface area contributed by atoms with Crippen LogP contribution in [-0.4, -0.2) is 62.8 Å². The molecule has 0 saturated carbocycles. The maximum atomic E-state index is 13.2. The van der Waals surface area contributed by atoms with Gasteiger partial charge >= 0.3 is 0 Å². The Hall–Kier alpha value is -2.97. The van der Waals surface area contributed by atoms with E-state index in [2.05, 4.69) is 20.5 Å². The molecule has 160 valence electrons. The van der Waals surface area contributed by atoms with Gasteiger partial charge in [-0.15, -0.1) is 0 Å². The first-order valence-electron chi connectivity index (χ1n) is 10.1. The third kappa shape index (κ3) is 6.53. The molecule has 7 nitrogen and oxygen atoms in total. The van der Waals surface area contributed by atoms with E-state index in [0.29, 0.717) is 36.1 Å². The number of anilines is 1. The van der Waals surface area contributed by atoms with Crippen LogP contribution in [0.5, 0.6) is 5.75 Å². The summed E-state index contributed by atoms with van der Waals surface area (Å²) in [6.45, 7) is 6.86. The van der Waals surface area contributed by atoms with Gasteiger partial charge in [0.15, 0.2) is 0 Å². The van der Waals surface area contributed by atoms with Gasteiger partial charge in [-0.2, -0.15) is 0 Å². The fourth-order valence-electron chi connectivity index (χ4n) is 3.00. The van der Waals surface area contributed by atoms with Gasteiger partial charge < -0.3 is 14.8 Å². The standard InChI is InChI=1S/C22H27FN4O3/c1-2-30-20-6-4-3-5-19(20)25-22(24-11-12-27-13-15-29-16-14-27)26-21(28)17-7-9-18(23)10-8-17/h3-10H,2,11-16H2,1H3,(H2,24,25,26,28). The largest absolute Gasteiger partial charge is 0.492 e. The van der Waals surface area contributed by atoms with E-state index in [1.54, 1.807) is 0 Å². The second-order valence-electron chi connectivity index (χ2n) is 6.70. The minimum absolute atomic E-state index is 0.310. The molecule has 2 N–H and O–H groups in total. The first kappa shape index (κ1) is 21.7. The van der Waals surface area contributed by atoms with E-state index in [0.717, 1.165) is 32.8 Å². The van der Waals surface area contributed by atoms with Crippen LogP contribution in [0, 0.1) is 5.82 Å². The number of halogens is 1. The highest BCUT2D eigenvalue weighted by atomic mass is 19.1. The van der Waals surface area contributed by atoms with E-state index in [1.165, 1.54) is 24.3 Å². The monoisotopic (exact) mass is 414 g/mol. The molecule has 0 radical (unpaired) electrons. The number of carbonyl (C=O) groups excluding carboxylic acids is 1. The van der Waals surface area contributed by atoms with Crippen LogP contribution in [0.2, 0.25) is 0 Å². The molecule has 1 saturated heterocycles. The molecule has 1 heterocycles. The van der Waals surface area contributed by atoms with Crippen molar-refractivity contribution in [3.8, 4) is 5.75 Å². The average molecular weight is 414 g/mol. The highest BCUT2D eigenvalue weighted by Crippen LogP contribution is 2.23. The second-order valence-corrected chi connectivity index (χ2v) is 6.70. The minimum Gasteiger partial charge on any atom is -0.492 e. The number of hydrogen-bond donors (Lipinski definition) is 2. The summed E-state index contributed by atoms with van der Waals surface area (Å²) in [7, 11) is 0. The summed E-state index contributed by atoms with van der Waals surface area (Å²) in [5, 5.41) is 5.95. The number of carbonyl (C=O) groups is 1. The van der Waals surface area contributed by atoms with Crippen LogP contribution >= 0.6 is 0 Å². The highest BCUT2D eigenvalue weighted by Gasteiger charge is 2.13. The third-order valence-corrected chi connectivity index (χ3v) is 4.57. The van der Waals surface area contributed by atoms with Crippen molar-refractivity contribution in [2.24, 2.45) is 4.99 Å². The Bertz CT molecular complexity index is 852. The summed E-state index contributed by atoms with van der Waals surface area (Å²) in [4.78, 5) is 19.4. The Morgan fingerprint density at radius 3 is 2.63 bits per heavy atom. The van der Waals surface area contributed by atoms with Crippen molar-refractivity contribution in [2.75, 3.05) is 51.3 Å². The molecule has 2 aromatic carbocycles. The fraction of sp³-hybridized carbons (Fsp3) is 0.364. The maximum absolute atomic E-state index is 13.2. The number of nitrogens with zero attached hydrogens (tertiary/aromatic N) is 2. The van der Waals surface area contributed by atoms with E-state index in [4.69, 9.17) is 9.47 Å². The van der Waals surface area contributed by atoms with Gasteiger partial charge in [0.05, 0.1) is 32.1 Å². The zero-order chi connectivity index (χ0) is 21.2. The summed E-state index contributed by atoms with van der Waals surface area (Å²) >= 11 is 0. The minimum atomic E-state index is -0.394. The maximum Gasteiger partial charge on any atom is 0.257 e. The van der Waals surface area contributed by atoms with Crippen molar-refractivity contribution in [2.45, 2.75) is 6.92 Å². The fourth-order valence-corrected chi connectivity index (χ4v) is 3.00. The summed E-state index contributed by atoms with van der Waals surface area (Å²) in [6, 6.07) is 12.8. The molecule has 0 unspecified atom stereocenters. The van der Waals surface area contributed by atoms with Crippen LogP contribution in [0.1, 0.15) is 17.3 Å². The molecule has 1 aliphatic heterocycles. The first-order valence-corrected chi connectivity index (χ1v) is 10.1. The van der Waals surface area contributed by atoms with Crippen molar-refractivity contribution in [1.29, 1.82) is 0 Å².